The number of aliphatic imine (C=N–C) groups is 1. The second-order valence-corrected chi connectivity index (χ2v) is 6.76. The lowest BCUT2D eigenvalue weighted by molar-refractivity contribution is -0.161. The molecule has 28 heavy (non-hydrogen) atoms. The molecule has 2 aliphatic rings. The molecule has 144 valence electrons. The molecule has 0 spiro atoms. The lowest BCUT2D eigenvalue weighted by Gasteiger charge is -2.50. The number of carboxylic acid groups (broad SMARTS) is 1. The van der Waals surface area contributed by atoms with Gasteiger partial charge in [-0.15, -0.1) is 11.8 Å². The van der Waals surface area contributed by atoms with E-state index in [2.05, 4.69) is 10.3 Å². The summed E-state index contributed by atoms with van der Waals surface area (Å²) in [4.78, 5) is 62.1. The number of hydrogen-bond acceptors (Lipinski definition) is 8. The zero-order valence-corrected chi connectivity index (χ0v) is 14.9. The molecule has 1 fully saturated rings. The third-order valence-corrected chi connectivity index (χ3v) is 5.36. The van der Waals surface area contributed by atoms with E-state index in [4.69, 9.17) is 4.74 Å². The highest BCUT2D eigenvalue weighted by atomic mass is 32.2. The molecular formula is C17H13N3O7S. The molecule has 0 radical (unpaired) electrons. The van der Waals surface area contributed by atoms with E-state index in [9.17, 15) is 29.1 Å². The highest BCUT2D eigenvalue weighted by Crippen LogP contribution is 2.40. The van der Waals surface area contributed by atoms with Crippen molar-refractivity contribution in [1.29, 1.82) is 0 Å². The summed E-state index contributed by atoms with van der Waals surface area (Å²) in [6, 6.07) is 5.77. The van der Waals surface area contributed by atoms with E-state index in [-0.39, 0.29) is 12.2 Å². The Kier molecular flexibility index (Phi) is 5.57. The quantitative estimate of drug-likeness (QED) is 0.279. The molecule has 0 bridgehead atoms. The van der Waals surface area contributed by atoms with Crippen LogP contribution in [0, 0.1) is 0 Å². The predicted molar refractivity (Wildman–Crippen MR) is 94.1 cm³/mol. The number of thioether (sulfide) groups is 1. The first-order valence-corrected chi connectivity index (χ1v) is 8.86. The zero-order valence-electron chi connectivity index (χ0n) is 14.1. The molecule has 10 nitrogen and oxygen atoms in total. The summed E-state index contributed by atoms with van der Waals surface area (Å²) in [5.41, 5.74) is 0.297. The molecule has 1 aromatic carbocycles. The summed E-state index contributed by atoms with van der Waals surface area (Å²) >= 11 is 1.04. The standard InChI is InChI=1S/C17H13N3O7S/c21-7-18-10-6-28-16-11(15(24)20(16)12(10)17(25)26)19-14(23)13(27-8-22)9-4-2-1-3-5-9/h1-6,8,11-13,16H,(H,19,23)(H,25,26)/t11?,12?,13?,16-/m1/s1. The van der Waals surface area contributed by atoms with Crippen molar-refractivity contribution in [2.24, 2.45) is 4.99 Å². The summed E-state index contributed by atoms with van der Waals surface area (Å²) in [7, 11) is 0. The number of amides is 2. The lowest BCUT2D eigenvalue weighted by atomic mass is 10.00. The molecule has 0 aliphatic carbocycles. The van der Waals surface area contributed by atoms with Gasteiger partial charge in [0.15, 0.2) is 6.04 Å². The van der Waals surface area contributed by atoms with Gasteiger partial charge < -0.3 is 20.1 Å². The Morgan fingerprint density at radius 3 is 2.68 bits per heavy atom. The maximum Gasteiger partial charge on any atom is 0.332 e. The van der Waals surface area contributed by atoms with Gasteiger partial charge >= 0.3 is 5.97 Å². The van der Waals surface area contributed by atoms with Crippen LogP contribution in [-0.4, -0.2) is 57.8 Å². The van der Waals surface area contributed by atoms with Gasteiger partial charge in [0.05, 0.1) is 5.70 Å². The van der Waals surface area contributed by atoms with Gasteiger partial charge in [0.2, 0.25) is 18.1 Å². The predicted octanol–water partition coefficient (Wildman–Crippen LogP) is -0.0690. The molecule has 1 aromatic rings. The van der Waals surface area contributed by atoms with E-state index >= 15 is 0 Å². The van der Waals surface area contributed by atoms with E-state index in [0.717, 1.165) is 16.7 Å². The summed E-state index contributed by atoms with van der Waals surface area (Å²) in [6.07, 6.45) is 0.00544. The van der Waals surface area contributed by atoms with Crippen LogP contribution < -0.4 is 5.32 Å². The van der Waals surface area contributed by atoms with Crippen molar-refractivity contribution in [2.45, 2.75) is 23.6 Å². The van der Waals surface area contributed by atoms with Crippen molar-refractivity contribution in [3.05, 3.63) is 47.0 Å². The van der Waals surface area contributed by atoms with E-state index in [0.29, 0.717) is 5.56 Å². The third-order valence-electron chi connectivity index (χ3n) is 4.20. The monoisotopic (exact) mass is 403 g/mol. The average molecular weight is 403 g/mol. The molecule has 0 aromatic heterocycles. The zero-order chi connectivity index (χ0) is 20.3. The number of ether oxygens (including phenoxy) is 1. The topological polar surface area (TPSA) is 142 Å². The molecule has 3 unspecified atom stereocenters. The number of rotatable bonds is 7. The van der Waals surface area contributed by atoms with Gasteiger partial charge in [-0.2, -0.15) is 4.99 Å². The van der Waals surface area contributed by atoms with Crippen molar-refractivity contribution < 1.29 is 33.8 Å². The fourth-order valence-corrected chi connectivity index (χ4v) is 4.13. The van der Waals surface area contributed by atoms with Gasteiger partial charge in [0, 0.05) is 5.56 Å². The molecule has 2 N–H and O–H groups in total. The van der Waals surface area contributed by atoms with E-state index in [1.54, 1.807) is 30.3 Å². The second kappa shape index (κ2) is 8.07. The molecule has 11 heteroatoms. The Morgan fingerprint density at radius 2 is 2.07 bits per heavy atom. The number of fused-ring (bicyclic) bond motifs is 1. The second-order valence-electron chi connectivity index (χ2n) is 5.77. The van der Waals surface area contributed by atoms with Gasteiger partial charge in [-0.25, -0.2) is 9.59 Å². The highest BCUT2D eigenvalue weighted by molar-refractivity contribution is 8.02. The number of hydrogen-bond donors (Lipinski definition) is 2. The normalized spacial score (nSPS) is 23.9. The highest BCUT2D eigenvalue weighted by Gasteiger charge is 2.56. The summed E-state index contributed by atoms with van der Waals surface area (Å²) in [5, 5.41) is 12.5. The van der Waals surface area contributed by atoms with Gasteiger partial charge in [-0.3, -0.25) is 14.4 Å². The van der Waals surface area contributed by atoms with Crippen LogP contribution in [-0.2, 0) is 28.7 Å². The van der Waals surface area contributed by atoms with Crippen LogP contribution in [0.5, 0.6) is 0 Å². The van der Waals surface area contributed by atoms with Gasteiger partial charge in [0.1, 0.15) is 11.4 Å². The smallest absolute Gasteiger partial charge is 0.332 e. The van der Waals surface area contributed by atoms with Crippen LogP contribution >= 0.6 is 11.8 Å². The van der Waals surface area contributed by atoms with Crippen molar-refractivity contribution in [2.75, 3.05) is 0 Å². The molecule has 2 amide bonds. The van der Waals surface area contributed by atoms with Crippen LogP contribution in [0.1, 0.15) is 11.7 Å². The number of carboxylic acids is 1. The van der Waals surface area contributed by atoms with E-state index in [1.165, 1.54) is 11.5 Å². The van der Waals surface area contributed by atoms with Crippen molar-refractivity contribution in [1.82, 2.24) is 10.2 Å². The fraction of sp³-hybridized carbons (Fsp3) is 0.235. The number of nitrogens with zero attached hydrogens (tertiary/aromatic N) is 2. The van der Waals surface area contributed by atoms with E-state index < -0.39 is 41.3 Å². The maximum atomic E-state index is 12.6. The number of carbonyl (C=O) groups excluding carboxylic acids is 4. The maximum absolute atomic E-state index is 12.6. The number of nitrogens with one attached hydrogen (secondary N) is 1. The Labute approximate surface area is 162 Å². The first kappa shape index (κ1) is 19.3. The molecular weight excluding hydrogens is 390 g/mol. The number of isocyanates is 1. The van der Waals surface area contributed by atoms with Crippen molar-refractivity contribution in [3.63, 3.8) is 0 Å². The minimum Gasteiger partial charge on any atom is -0.479 e. The lowest BCUT2D eigenvalue weighted by Crippen LogP contribution is -2.74. The Bertz CT molecular complexity index is 897. The average Bonchev–Trinajstić information content (AvgIpc) is 2.70. The molecule has 2 aliphatic heterocycles. The van der Waals surface area contributed by atoms with Gasteiger partial charge in [0.25, 0.3) is 12.4 Å². The molecule has 0 saturated carbocycles. The molecule has 1 saturated heterocycles. The third kappa shape index (κ3) is 3.40. The number of β-lactam (4-membered cyclic amide) rings is 1. The minimum absolute atomic E-state index is 0.117. The van der Waals surface area contributed by atoms with Crippen LogP contribution in [0.15, 0.2) is 46.4 Å². The summed E-state index contributed by atoms with van der Waals surface area (Å²) in [5.74, 6) is -2.73. The SMILES string of the molecule is O=C=NC1=CS[C@@H]2C(NC(=O)C(OC=O)c3ccccc3)C(=O)N2C1C(=O)O. The van der Waals surface area contributed by atoms with Crippen LogP contribution in [0.25, 0.3) is 0 Å². The molecule has 2 heterocycles. The Balaban J connectivity index is 1.78. The van der Waals surface area contributed by atoms with Crippen molar-refractivity contribution >= 4 is 42.1 Å². The number of aliphatic carboxylic acids is 1. The largest absolute Gasteiger partial charge is 0.479 e. The van der Waals surface area contributed by atoms with Crippen LogP contribution in [0.4, 0.5) is 0 Å². The van der Waals surface area contributed by atoms with Crippen LogP contribution in [0.2, 0.25) is 0 Å². The summed E-state index contributed by atoms with van der Waals surface area (Å²) < 4.78 is 4.85. The van der Waals surface area contributed by atoms with Crippen LogP contribution in [0.3, 0.4) is 0 Å². The van der Waals surface area contributed by atoms with Gasteiger partial charge in [-0.1, -0.05) is 30.3 Å². The Morgan fingerprint density at radius 1 is 1.36 bits per heavy atom. The number of benzene rings is 1. The number of carbonyl (C=O) groups is 4. The first-order chi connectivity index (χ1) is 13.5. The van der Waals surface area contributed by atoms with Crippen molar-refractivity contribution in [3.8, 4) is 0 Å². The van der Waals surface area contributed by atoms with Gasteiger partial charge in [-0.05, 0) is 5.41 Å². The Hall–Kier alpha value is -3.43. The minimum atomic E-state index is -1.44. The summed E-state index contributed by atoms with van der Waals surface area (Å²) in [6.45, 7) is 0.133. The molecule has 4 atom stereocenters. The first-order valence-electron chi connectivity index (χ1n) is 7.92. The molecule has 3 rings (SSSR count). The van der Waals surface area contributed by atoms with E-state index in [1.807, 2.05) is 0 Å². The fourth-order valence-electron chi connectivity index (χ4n) is 2.97.